The third kappa shape index (κ3) is 6.37. The lowest BCUT2D eigenvalue weighted by atomic mass is 9.91. The normalized spacial score (nSPS) is 12.3. The monoisotopic (exact) mass is 398 g/mol. The zero-order valence-corrected chi connectivity index (χ0v) is 15.0. The van der Waals surface area contributed by atoms with Crippen LogP contribution in [0.2, 0.25) is 0 Å². The molecular formula is C20H18F4O4. The van der Waals surface area contributed by atoms with Gasteiger partial charge in [-0.1, -0.05) is 12.1 Å². The molecule has 4 nitrogen and oxygen atoms in total. The second-order valence-electron chi connectivity index (χ2n) is 5.93. The van der Waals surface area contributed by atoms with E-state index in [0.29, 0.717) is 5.56 Å². The van der Waals surface area contributed by atoms with Crippen LogP contribution in [0.1, 0.15) is 22.8 Å². The molecule has 0 radical (unpaired) electrons. The van der Waals surface area contributed by atoms with Crippen molar-refractivity contribution >= 4 is 11.8 Å². The summed E-state index contributed by atoms with van der Waals surface area (Å²) in [5, 5.41) is 0. The van der Waals surface area contributed by atoms with Crippen molar-refractivity contribution < 1.29 is 36.6 Å². The first-order valence-electron chi connectivity index (χ1n) is 8.44. The standard InChI is InChI=1S/C20H18F4O4/c1-2-27-19(26)17(18(25)14-6-8-15(21)9-7-14)11-13-4-3-5-16(10-13)28-12-20(22,23)24/h3-10,17H,2,11-12H2,1H3. The highest BCUT2D eigenvalue weighted by molar-refractivity contribution is 6.08. The van der Waals surface area contributed by atoms with Gasteiger partial charge in [0.15, 0.2) is 12.4 Å². The summed E-state index contributed by atoms with van der Waals surface area (Å²) >= 11 is 0. The second kappa shape index (κ2) is 9.34. The smallest absolute Gasteiger partial charge is 0.422 e. The number of carbonyl (C=O) groups is 2. The molecule has 2 rings (SSSR count). The van der Waals surface area contributed by atoms with Crippen molar-refractivity contribution in [3.05, 3.63) is 65.5 Å². The number of esters is 1. The zero-order chi connectivity index (χ0) is 20.7. The van der Waals surface area contributed by atoms with Crippen LogP contribution in [0.15, 0.2) is 48.5 Å². The Labute approximate surface area is 159 Å². The van der Waals surface area contributed by atoms with Crippen molar-refractivity contribution in [2.75, 3.05) is 13.2 Å². The maximum atomic E-state index is 13.1. The van der Waals surface area contributed by atoms with Crippen molar-refractivity contribution in [1.29, 1.82) is 0 Å². The van der Waals surface area contributed by atoms with E-state index in [1.54, 1.807) is 13.0 Å². The van der Waals surface area contributed by atoms with Crippen LogP contribution in [0, 0.1) is 11.7 Å². The topological polar surface area (TPSA) is 52.6 Å². The molecule has 28 heavy (non-hydrogen) atoms. The second-order valence-corrected chi connectivity index (χ2v) is 5.93. The molecule has 0 aliphatic carbocycles. The van der Waals surface area contributed by atoms with Crippen LogP contribution in [0.5, 0.6) is 5.75 Å². The summed E-state index contributed by atoms with van der Waals surface area (Å²) in [6.45, 7) is 0.190. The number of benzene rings is 2. The highest BCUT2D eigenvalue weighted by Crippen LogP contribution is 2.22. The maximum absolute atomic E-state index is 13.1. The first-order valence-corrected chi connectivity index (χ1v) is 8.44. The minimum Gasteiger partial charge on any atom is -0.484 e. The van der Waals surface area contributed by atoms with Crippen LogP contribution in [0.3, 0.4) is 0 Å². The van der Waals surface area contributed by atoms with Gasteiger partial charge in [0.2, 0.25) is 0 Å². The summed E-state index contributed by atoms with van der Waals surface area (Å²) < 4.78 is 59.6. The molecule has 0 aliphatic rings. The molecule has 0 heterocycles. The fourth-order valence-electron chi connectivity index (χ4n) is 2.50. The Morgan fingerprint density at radius 2 is 1.75 bits per heavy atom. The Morgan fingerprint density at radius 1 is 1.07 bits per heavy atom. The van der Waals surface area contributed by atoms with E-state index >= 15 is 0 Å². The molecule has 150 valence electrons. The molecule has 0 spiro atoms. The molecule has 1 atom stereocenters. The first-order chi connectivity index (χ1) is 13.2. The molecule has 0 aromatic heterocycles. The predicted molar refractivity (Wildman–Crippen MR) is 92.5 cm³/mol. The Hall–Kier alpha value is -2.90. The molecule has 0 fully saturated rings. The summed E-state index contributed by atoms with van der Waals surface area (Å²) in [4.78, 5) is 25.0. The largest absolute Gasteiger partial charge is 0.484 e. The third-order valence-electron chi connectivity index (χ3n) is 3.76. The lowest BCUT2D eigenvalue weighted by Crippen LogP contribution is -2.28. The molecule has 0 amide bonds. The molecule has 1 unspecified atom stereocenters. The van der Waals surface area contributed by atoms with Crippen LogP contribution < -0.4 is 4.74 Å². The van der Waals surface area contributed by atoms with Gasteiger partial charge in [-0.3, -0.25) is 9.59 Å². The average molecular weight is 398 g/mol. The van der Waals surface area contributed by atoms with Gasteiger partial charge in [-0.05, 0) is 55.3 Å². The van der Waals surface area contributed by atoms with E-state index in [0.717, 1.165) is 12.1 Å². The van der Waals surface area contributed by atoms with Gasteiger partial charge < -0.3 is 9.47 Å². The van der Waals surface area contributed by atoms with E-state index in [1.165, 1.54) is 30.3 Å². The van der Waals surface area contributed by atoms with E-state index < -0.39 is 36.3 Å². The Bertz CT molecular complexity index is 816. The molecule has 0 N–H and O–H groups in total. The van der Waals surface area contributed by atoms with Gasteiger partial charge in [0.25, 0.3) is 0 Å². The van der Waals surface area contributed by atoms with Gasteiger partial charge in [-0.2, -0.15) is 13.2 Å². The molecular weight excluding hydrogens is 380 g/mol. The van der Waals surface area contributed by atoms with Crippen LogP contribution in [0.4, 0.5) is 17.6 Å². The van der Waals surface area contributed by atoms with Gasteiger partial charge in [0.1, 0.15) is 17.5 Å². The number of Topliss-reactive ketones (excluding diaryl/α,β-unsaturated/α-hetero) is 1. The molecule has 2 aromatic carbocycles. The zero-order valence-electron chi connectivity index (χ0n) is 15.0. The highest BCUT2D eigenvalue weighted by Gasteiger charge is 2.30. The quantitative estimate of drug-likeness (QED) is 0.287. The summed E-state index contributed by atoms with van der Waals surface area (Å²) in [5.74, 6) is -3.12. The number of rotatable bonds is 8. The van der Waals surface area contributed by atoms with Crippen LogP contribution in [-0.2, 0) is 16.0 Å². The summed E-state index contributed by atoms with van der Waals surface area (Å²) in [7, 11) is 0. The summed E-state index contributed by atoms with van der Waals surface area (Å²) in [6.07, 6.45) is -4.58. The van der Waals surface area contributed by atoms with Crippen molar-refractivity contribution in [2.24, 2.45) is 5.92 Å². The minimum absolute atomic E-state index is 0.0355. The number of ketones is 1. The van der Waals surface area contributed by atoms with Crippen LogP contribution in [0.25, 0.3) is 0 Å². The average Bonchev–Trinajstić information content (AvgIpc) is 2.64. The molecule has 0 bridgehead atoms. The number of alkyl halides is 3. The number of hydrogen-bond acceptors (Lipinski definition) is 4. The minimum atomic E-state index is -4.48. The highest BCUT2D eigenvalue weighted by atomic mass is 19.4. The lowest BCUT2D eigenvalue weighted by Gasteiger charge is -2.16. The van der Waals surface area contributed by atoms with Crippen LogP contribution in [-0.4, -0.2) is 31.1 Å². The third-order valence-corrected chi connectivity index (χ3v) is 3.76. The summed E-state index contributed by atoms with van der Waals surface area (Å²) in [6, 6.07) is 10.4. The van der Waals surface area contributed by atoms with Crippen molar-refractivity contribution in [3.8, 4) is 5.75 Å². The van der Waals surface area contributed by atoms with E-state index in [9.17, 15) is 27.2 Å². The van der Waals surface area contributed by atoms with Gasteiger partial charge in [-0.25, -0.2) is 4.39 Å². The molecule has 0 aliphatic heterocycles. The van der Waals surface area contributed by atoms with Crippen LogP contribution >= 0.6 is 0 Å². The van der Waals surface area contributed by atoms with Gasteiger partial charge in [0.05, 0.1) is 6.61 Å². The Morgan fingerprint density at radius 3 is 2.36 bits per heavy atom. The van der Waals surface area contributed by atoms with Crippen molar-refractivity contribution in [3.63, 3.8) is 0 Å². The van der Waals surface area contributed by atoms with E-state index in [2.05, 4.69) is 0 Å². The molecule has 8 heteroatoms. The first kappa shape index (κ1) is 21.4. The molecule has 0 saturated carbocycles. The maximum Gasteiger partial charge on any atom is 0.422 e. The Kier molecular flexibility index (Phi) is 7.14. The van der Waals surface area contributed by atoms with Gasteiger partial charge in [0, 0.05) is 5.56 Å². The number of carbonyl (C=O) groups excluding carboxylic acids is 2. The number of ether oxygens (including phenoxy) is 2. The fraction of sp³-hybridized carbons (Fsp3) is 0.300. The fourth-order valence-corrected chi connectivity index (χ4v) is 2.50. The molecule has 0 saturated heterocycles. The van der Waals surface area contributed by atoms with Crippen molar-refractivity contribution in [1.82, 2.24) is 0 Å². The van der Waals surface area contributed by atoms with Gasteiger partial charge >= 0.3 is 12.1 Å². The lowest BCUT2D eigenvalue weighted by molar-refractivity contribution is -0.153. The van der Waals surface area contributed by atoms with Crippen molar-refractivity contribution in [2.45, 2.75) is 19.5 Å². The Balaban J connectivity index is 2.22. The van der Waals surface area contributed by atoms with E-state index in [1.807, 2.05) is 0 Å². The number of hydrogen-bond donors (Lipinski definition) is 0. The summed E-state index contributed by atoms with van der Waals surface area (Å²) in [5.41, 5.74) is 0.553. The number of halogens is 4. The SMILES string of the molecule is CCOC(=O)C(Cc1cccc(OCC(F)(F)F)c1)C(=O)c1ccc(F)cc1. The van der Waals surface area contributed by atoms with E-state index in [4.69, 9.17) is 9.47 Å². The predicted octanol–water partition coefficient (Wildman–Crippen LogP) is 4.37. The van der Waals surface area contributed by atoms with Gasteiger partial charge in [-0.15, -0.1) is 0 Å². The van der Waals surface area contributed by atoms with E-state index in [-0.39, 0.29) is 24.3 Å². The molecule has 2 aromatic rings.